The molecule has 108 valence electrons. The minimum absolute atomic E-state index is 0.178. The normalized spacial score (nSPS) is 28.9. The largest absolute Gasteiger partial charge is 0.314 e. The quantitative estimate of drug-likeness (QED) is 0.640. The van der Waals surface area contributed by atoms with E-state index in [1.54, 1.807) is 12.1 Å². The van der Waals surface area contributed by atoms with E-state index in [1.807, 2.05) is 12.1 Å². The summed E-state index contributed by atoms with van der Waals surface area (Å²) < 4.78 is 0. The second kappa shape index (κ2) is 5.52. The van der Waals surface area contributed by atoms with Crippen LogP contribution in [0.5, 0.6) is 0 Å². The smallest absolute Gasteiger partial charge is 0.269 e. The zero-order valence-corrected chi connectivity index (χ0v) is 11.9. The molecule has 4 heteroatoms. The van der Waals surface area contributed by atoms with Gasteiger partial charge in [-0.1, -0.05) is 25.5 Å². The highest BCUT2D eigenvalue weighted by Crippen LogP contribution is 2.59. The molecule has 0 aromatic heterocycles. The molecule has 2 saturated carbocycles. The Morgan fingerprint density at radius 2 is 1.95 bits per heavy atom. The van der Waals surface area contributed by atoms with Crippen molar-refractivity contribution in [1.82, 2.24) is 5.32 Å². The van der Waals surface area contributed by atoms with E-state index < -0.39 is 0 Å². The number of nitrogens with one attached hydrogen (secondary N) is 1. The number of hydrogen-bond donors (Lipinski definition) is 1. The van der Waals surface area contributed by atoms with E-state index in [9.17, 15) is 10.1 Å². The zero-order chi connectivity index (χ0) is 14.1. The Bertz CT molecular complexity index is 476. The summed E-state index contributed by atoms with van der Waals surface area (Å²) in [6.45, 7) is 3.15. The average Bonchev–Trinajstić information content (AvgIpc) is 2.91. The molecule has 0 saturated heterocycles. The van der Waals surface area contributed by atoms with Gasteiger partial charge in [0, 0.05) is 18.2 Å². The number of nitrogens with zero attached hydrogens (tertiary/aromatic N) is 1. The molecule has 0 bridgehead atoms. The molecule has 1 N–H and O–H groups in total. The third-order valence-electron chi connectivity index (χ3n) is 5.01. The van der Waals surface area contributed by atoms with E-state index in [0.29, 0.717) is 6.04 Å². The number of nitro benzene ring substituents is 1. The summed E-state index contributed by atoms with van der Waals surface area (Å²) >= 11 is 0. The molecule has 3 rings (SSSR count). The molecular formula is C16H22N2O2. The minimum Gasteiger partial charge on any atom is -0.314 e. The Kier molecular flexibility index (Phi) is 3.74. The van der Waals surface area contributed by atoms with Crippen molar-refractivity contribution in [3.05, 3.63) is 39.9 Å². The monoisotopic (exact) mass is 274 g/mol. The van der Waals surface area contributed by atoms with Crippen LogP contribution in [0.4, 0.5) is 5.69 Å². The highest BCUT2D eigenvalue weighted by molar-refractivity contribution is 5.33. The zero-order valence-electron chi connectivity index (χ0n) is 11.9. The van der Waals surface area contributed by atoms with E-state index >= 15 is 0 Å². The van der Waals surface area contributed by atoms with Gasteiger partial charge in [-0.05, 0) is 49.1 Å². The standard InChI is InChI=1S/C16H22N2O2/c1-2-17-15(16-13-4-3-5-14(13)16)10-11-6-8-12(9-7-11)18(19)20/h6-9,13-17H,2-5,10H2,1H3. The van der Waals surface area contributed by atoms with E-state index in [1.165, 1.54) is 24.8 Å². The lowest BCUT2D eigenvalue weighted by atomic mass is 9.97. The molecule has 3 unspecified atom stereocenters. The fourth-order valence-electron chi connectivity index (χ4n) is 4.09. The molecular weight excluding hydrogens is 252 g/mol. The maximum atomic E-state index is 10.7. The van der Waals surface area contributed by atoms with Crippen molar-refractivity contribution < 1.29 is 4.92 Å². The SMILES string of the molecule is CCNC(Cc1ccc([N+](=O)[O-])cc1)C1C2CCCC21. The van der Waals surface area contributed by atoms with Crippen molar-refractivity contribution in [3.8, 4) is 0 Å². The van der Waals surface area contributed by atoms with Crippen molar-refractivity contribution >= 4 is 5.69 Å². The summed E-state index contributed by atoms with van der Waals surface area (Å²) in [5, 5.41) is 14.3. The van der Waals surface area contributed by atoms with Crippen LogP contribution in [0.25, 0.3) is 0 Å². The number of fused-ring (bicyclic) bond motifs is 1. The molecule has 3 atom stereocenters. The van der Waals surface area contributed by atoms with Gasteiger partial charge in [-0.2, -0.15) is 0 Å². The van der Waals surface area contributed by atoms with E-state index in [2.05, 4.69) is 12.2 Å². The molecule has 0 aliphatic heterocycles. The maximum absolute atomic E-state index is 10.7. The number of rotatable bonds is 6. The number of likely N-dealkylation sites (N-methyl/N-ethyl adjacent to an activating group) is 1. The molecule has 0 spiro atoms. The van der Waals surface area contributed by atoms with Crippen molar-refractivity contribution in [2.75, 3.05) is 6.54 Å². The first kappa shape index (κ1) is 13.6. The van der Waals surface area contributed by atoms with E-state index in [-0.39, 0.29) is 10.6 Å². The van der Waals surface area contributed by atoms with Crippen LogP contribution in [0.2, 0.25) is 0 Å². The Hall–Kier alpha value is -1.42. The molecule has 1 aromatic carbocycles. The third-order valence-corrected chi connectivity index (χ3v) is 5.01. The summed E-state index contributed by atoms with van der Waals surface area (Å²) in [7, 11) is 0. The molecule has 2 fully saturated rings. The fraction of sp³-hybridized carbons (Fsp3) is 0.625. The van der Waals surface area contributed by atoms with Gasteiger partial charge in [0.05, 0.1) is 4.92 Å². The van der Waals surface area contributed by atoms with Gasteiger partial charge in [-0.25, -0.2) is 0 Å². The summed E-state index contributed by atoms with van der Waals surface area (Å²) in [5.74, 6) is 2.72. The number of hydrogen-bond acceptors (Lipinski definition) is 3. The van der Waals surface area contributed by atoms with Gasteiger partial charge in [0.1, 0.15) is 0 Å². The topological polar surface area (TPSA) is 55.2 Å². The van der Waals surface area contributed by atoms with E-state index in [0.717, 1.165) is 30.7 Å². The first-order valence-corrected chi connectivity index (χ1v) is 7.67. The first-order valence-electron chi connectivity index (χ1n) is 7.67. The van der Waals surface area contributed by atoms with Crippen LogP contribution >= 0.6 is 0 Å². The highest BCUT2D eigenvalue weighted by Gasteiger charge is 2.55. The van der Waals surface area contributed by atoms with Crippen LogP contribution in [-0.4, -0.2) is 17.5 Å². The Morgan fingerprint density at radius 3 is 2.50 bits per heavy atom. The van der Waals surface area contributed by atoms with Crippen molar-refractivity contribution in [3.63, 3.8) is 0 Å². The fourth-order valence-corrected chi connectivity index (χ4v) is 4.09. The lowest BCUT2D eigenvalue weighted by Crippen LogP contribution is -2.34. The number of nitro groups is 1. The first-order chi connectivity index (χ1) is 9.70. The third kappa shape index (κ3) is 2.57. The molecule has 4 nitrogen and oxygen atoms in total. The van der Waals surface area contributed by atoms with Gasteiger partial charge in [0.15, 0.2) is 0 Å². The van der Waals surface area contributed by atoms with Crippen LogP contribution in [0.3, 0.4) is 0 Å². The molecule has 0 amide bonds. The van der Waals surface area contributed by atoms with E-state index in [4.69, 9.17) is 0 Å². The maximum Gasteiger partial charge on any atom is 0.269 e. The molecule has 0 heterocycles. The second-order valence-electron chi connectivity index (χ2n) is 6.13. The van der Waals surface area contributed by atoms with Gasteiger partial charge < -0.3 is 5.32 Å². The predicted octanol–water partition coefficient (Wildman–Crippen LogP) is 3.16. The van der Waals surface area contributed by atoms with Crippen molar-refractivity contribution in [2.24, 2.45) is 17.8 Å². The number of non-ortho nitro benzene ring substituents is 1. The van der Waals surface area contributed by atoms with Gasteiger partial charge in [-0.15, -0.1) is 0 Å². The number of benzene rings is 1. The Labute approximate surface area is 119 Å². The molecule has 2 aliphatic carbocycles. The summed E-state index contributed by atoms with van der Waals surface area (Å²) in [6, 6.07) is 7.58. The van der Waals surface area contributed by atoms with Crippen LogP contribution in [0, 0.1) is 27.9 Å². The second-order valence-corrected chi connectivity index (χ2v) is 6.13. The minimum atomic E-state index is -0.336. The molecule has 1 aromatic rings. The van der Waals surface area contributed by atoms with Crippen LogP contribution in [-0.2, 0) is 6.42 Å². The van der Waals surface area contributed by atoms with Gasteiger partial charge in [0.2, 0.25) is 0 Å². The summed E-state index contributed by atoms with van der Waals surface area (Å²) in [5.41, 5.74) is 1.38. The van der Waals surface area contributed by atoms with Crippen molar-refractivity contribution in [1.29, 1.82) is 0 Å². The van der Waals surface area contributed by atoms with Crippen molar-refractivity contribution in [2.45, 2.75) is 38.6 Å². The van der Waals surface area contributed by atoms with Crippen LogP contribution < -0.4 is 5.32 Å². The van der Waals surface area contributed by atoms with Crippen LogP contribution in [0.1, 0.15) is 31.7 Å². The summed E-state index contributed by atoms with van der Waals surface area (Å²) in [4.78, 5) is 10.3. The molecule has 0 radical (unpaired) electrons. The van der Waals surface area contributed by atoms with Gasteiger partial charge in [0.25, 0.3) is 5.69 Å². The average molecular weight is 274 g/mol. The lowest BCUT2D eigenvalue weighted by molar-refractivity contribution is -0.384. The molecule has 20 heavy (non-hydrogen) atoms. The summed E-state index contributed by atoms with van der Waals surface area (Å²) in [6.07, 6.45) is 5.20. The van der Waals surface area contributed by atoms with Gasteiger partial charge in [-0.3, -0.25) is 10.1 Å². The van der Waals surface area contributed by atoms with Crippen LogP contribution in [0.15, 0.2) is 24.3 Å². The highest BCUT2D eigenvalue weighted by atomic mass is 16.6. The Morgan fingerprint density at radius 1 is 1.30 bits per heavy atom. The lowest BCUT2D eigenvalue weighted by Gasteiger charge is -2.20. The van der Waals surface area contributed by atoms with Gasteiger partial charge >= 0.3 is 0 Å². The Balaban J connectivity index is 1.65. The molecule has 2 aliphatic rings. The predicted molar refractivity (Wildman–Crippen MR) is 78.6 cm³/mol.